The van der Waals surface area contributed by atoms with Gasteiger partial charge < -0.3 is 4.74 Å². The number of carbonyl (C=O) groups is 1. The quantitative estimate of drug-likeness (QED) is 0.665. The highest BCUT2D eigenvalue weighted by molar-refractivity contribution is 6.30. The molecule has 0 bridgehead atoms. The van der Waals surface area contributed by atoms with Crippen molar-refractivity contribution >= 4 is 23.7 Å². The van der Waals surface area contributed by atoms with Crippen LogP contribution in [0, 0.1) is 0 Å². The van der Waals surface area contributed by atoms with Crippen LogP contribution in [0.15, 0.2) is 29.4 Å². The molecule has 1 heterocycles. The summed E-state index contributed by atoms with van der Waals surface area (Å²) in [6.07, 6.45) is 1.59. The Bertz CT molecular complexity index is 442. The summed E-state index contributed by atoms with van der Waals surface area (Å²) in [7, 11) is 0. The number of benzene rings is 1. The number of morpholine rings is 1. The first-order valence-electron chi connectivity index (χ1n) is 6.11. The zero-order chi connectivity index (χ0) is 13.5. The average Bonchev–Trinajstić information content (AvgIpc) is 2.42. The molecule has 0 atom stereocenters. The van der Waals surface area contributed by atoms with E-state index >= 15 is 0 Å². The van der Waals surface area contributed by atoms with Crippen LogP contribution in [0.1, 0.15) is 5.56 Å². The number of rotatable bonds is 4. The third-order valence-electron chi connectivity index (χ3n) is 2.74. The highest BCUT2D eigenvalue weighted by Crippen LogP contribution is 2.07. The van der Waals surface area contributed by atoms with Crippen LogP contribution in [-0.2, 0) is 9.53 Å². The van der Waals surface area contributed by atoms with Crippen LogP contribution in [0.3, 0.4) is 0 Å². The van der Waals surface area contributed by atoms with Crippen LogP contribution in [0.2, 0.25) is 5.02 Å². The van der Waals surface area contributed by atoms with Crippen molar-refractivity contribution in [3.05, 3.63) is 34.9 Å². The zero-order valence-corrected chi connectivity index (χ0v) is 11.3. The molecule has 5 nitrogen and oxygen atoms in total. The van der Waals surface area contributed by atoms with Crippen LogP contribution in [0.4, 0.5) is 0 Å². The highest BCUT2D eigenvalue weighted by atomic mass is 35.5. The molecule has 2 rings (SSSR count). The molecule has 1 fully saturated rings. The predicted molar refractivity (Wildman–Crippen MR) is 74.4 cm³/mol. The third kappa shape index (κ3) is 4.98. The van der Waals surface area contributed by atoms with Gasteiger partial charge in [-0.1, -0.05) is 23.7 Å². The van der Waals surface area contributed by atoms with E-state index in [4.69, 9.17) is 16.3 Å². The van der Waals surface area contributed by atoms with E-state index in [1.807, 2.05) is 17.0 Å². The van der Waals surface area contributed by atoms with Crippen molar-refractivity contribution in [1.29, 1.82) is 0 Å². The molecule has 0 aromatic heterocycles. The van der Waals surface area contributed by atoms with Gasteiger partial charge in [0.15, 0.2) is 0 Å². The van der Waals surface area contributed by atoms with Crippen molar-refractivity contribution in [1.82, 2.24) is 10.3 Å². The minimum Gasteiger partial charge on any atom is -0.379 e. The summed E-state index contributed by atoms with van der Waals surface area (Å²) in [5, 5.41) is 4.59. The van der Waals surface area contributed by atoms with Gasteiger partial charge in [-0.2, -0.15) is 5.10 Å². The van der Waals surface area contributed by atoms with E-state index in [2.05, 4.69) is 10.5 Å². The van der Waals surface area contributed by atoms with Gasteiger partial charge in [-0.05, 0) is 17.7 Å². The fraction of sp³-hybridized carbons (Fsp3) is 0.385. The van der Waals surface area contributed by atoms with Crippen LogP contribution < -0.4 is 5.43 Å². The first kappa shape index (κ1) is 14.0. The molecule has 1 aromatic rings. The maximum atomic E-state index is 11.6. The smallest absolute Gasteiger partial charge is 0.254 e. The fourth-order valence-corrected chi connectivity index (χ4v) is 1.85. The number of hydrazone groups is 1. The Balaban J connectivity index is 1.74. The second-order valence-electron chi connectivity index (χ2n) is 4.23. The molecule has 0 saturated carbocycles. The van der Waals surface area contributed by atoms with Gasteiger partial charge in [0.25, 0.3) is 5.91 Å². The van der Waals surface area contributed by atoms with Gasteiger partial charge in [0, 0.05) is 18.1 Å². The highest BCUT2D eigenvalue weighted by Gasteiger charge is 2.13. The monoisotopic (exact) mass is 281 g/mol. The van der Waals surface area contributed by atoms with Gasteiger partial charge in [-0.25, -0.2) is 5.43 Å². The Hall–Kier alpha value is -1.43. The second-order valence-corrected chi connectivity index (χ2v) is 4.67. The summed E-state index contributed by atoms with van der Waals surface area (Å²) < 4.78 is 5.22. The molecule has 1 N–H and O–H groups in total. The molecule has 0 radical (unpaired) electrons. The number of carbonyl (C=O) groups excluding carboxylic acids is 1. The Labute approximate surface area is 117 Å². The lowest BCUT2D eigenvalue weighted by Gasteiger charge is -2.25. The van der Waals surface area contributed by atoms with Crippen molar-refractivity contribution in [2.24, 2.45) is 5.10 Å². The second kappa shape index (κ2) is 7.23. The molecule has 1 aromatic carbocycles. The lowest BCUT2D eigenvalue weighted by molar-refractivity contribution is -0.123. The van der Waals surface area contributed by atoms with Crippen LogP contribution in [0.25, 0.3) is 0 Å². The number of ether oxygens (including phenoxy) is 1. The van der Waals surface area contributed by atoms with Gasteiger partial charge in [0.05, 0.1) is 26.0 Å². The number of halogens is 1. The maximum Gasteiger partial charge on any atom is 0.254 e. The molecule has 19 heavy (non-hydrogen) atoms. The molecule has 1 aliphatic heterocycles. The van der Waals surface area contributed by atoms with Crippen molar-refractivity contribution in [3.63, 3.8) is 0 Å². The molecule has 0 unspecified atom stereocenters. The van der Waals surface area contributed by atoms with Crippen molar-refractivity contribution in [2.45, 2.75) is 0 Å². The minimum atomic E-state index is -0.118. The van der Waals surface area contributed by atoms with E-state index < -0.39 is 0 Å². The Morgan fingerprint density at radius 2 is 2.05 bits per heavy atom. The predicted octanol–water partition coefficient (Wildman–Crippen LogP) is 1.12. The summed E-state index contributed by atoms with van der Waals surface area (Å²) >= 11 is 5.77. The SMILES string of the molecule is O=C(CN1CCOCC1)NN=Cc1ccc(Cl)cc1. The molecule has 0 aliphatic carbocycles. The number of hydrogen-bond acceptors (Lipinski definition) is 4. The zero-order valence-electron chi connectivity index (χ0n) is 10.5. The molecule has 1 amide bonds. The first-order valence-corrected chi connectivity index (χ1v) is 6.49. The van der Waals surface area contributed by atoms with E-state index in [9.17, 15) is 4.79 Å². The standard InChI is InChI=1S/C13H16ClN3O2/c14-12-3-1-11(2-4-12)9-15-16-13(18)10-17-5-7-19-8-6-17/h1-4,9H,5-8,10H2,(H,16,18). The van der Waals surface area contributed by atoms with Gasteiger partial charge in [0.2, 0.25) is 0 Å². The van der Waals surface area contributed by atoms with E-state index in [1.165, 1.54) is 0 Å². The average molecular weight is 282 g/mol. The Kier molecular flexibility index (Phi) is 5.32. The number of nitrogens with zero attached hydrogens (tertiary/aromatic N) is 2. The topological polar surface area (TPSA) is 53.9 Å². The van der Waals surface area contributed by atoms with E-state index in [1.54, 1.807) is 18.3 Å². The van der Waals surface area contributed by atoms with Crippen LogP contribution >= 0.6 is 11.6 Å². The van der Waals surface area contributed by atoms with Crippen molar-refractivity contribution < 1.29 is 9.53 Å². The number of hydrogen-bond donors (Lipinski definition) is 1. The molecule has 0 spiro atoms. The molecule has 1 aliphatic rings. The number of amides is 1. The summed E-state index contributed by atoms with van der Waals surface area (Å²) in [6.45, 7) is 3.28. The maximum absolute atomic E-state index is 11.6. The summed E-state index contributed by atoms with van der Waals surface area (Å²) in [5.74, 6) is -0.118. The first-order chi connectivity index (χ1) is 9.24. The summed E-state index contributed by atoms with van der Waals surface area (Å²) in [5.41, 5.74) is 3.39. The lowest BCUT2D eigenvalue weighted by Crippen LogP contribution is -2.42. The molecule has 6 heteroatoms. The molecular weight excluding hydrogens is 266 g/mol. The van der Waals surface area contributed by atoms with E-state index in [0.717, 1.165) is 18.7 Å². The van der Waals surface area contributed by atoms with Crippen LogP contribution in [-0.4, -0.2) is 49.9 Å². The van der Waals surface area contributed by atoms with Gasteiger partial charge in [0.1, 0.15) is 0 Å². The third-order valence-corrected chi connectivity index (χ3v) is 3.00. The van der Waals surface area contributed by atoms with E-state index in [-0.39, 0.29) is 5.91 Å². The largest absolute Gasteiger partial charge is 0.379 e. The summed E-state index contributed by atoms with van der Waals surface area (Å²) in [6, 6.07) is 7.22. The van der Waals surface area contributed by atoms with Gasteiger partial charge in [-0.3, -0.25) is 9.69 Å². The van der Waals surface area contributed by atoms with Crippen LogP contribution in [0.5, 0.6) is 0 Å². The normalized spacial score (nSPS) is 16.7. The Morgan fingerprint density at radius 1 is 1.37 bits per heavy atom. The van der Waals surface area contributed by atoms with Gasteiger partial charge in [-0.15, -0.1) is 0 Å². The molecule has 1 saturated heterocycles. The number of nitrogens with one attached hydrogen (secondary N) is 1. The molecule has 102 valence electrons. The summed E-state index contributed by atoms with van der Waals surface area (Å²) in [4.78, 5) is 13.7. The Morgan fingerprint density at radius 3 is 2.74 bits per heavy atom. The molecular formula is C13H16ClN3O2. The lowest BCUT2D eigenvalue weighted by atomic mass is 10.2. The van der Waals surface area contributed by atoms with Crippen molar-refractivity contribution in [3.8, 4) is 0 Å². The van der Waals surface area contributed by atoms with Gasteiger partial charge >= 0.3 is 0 Å². The van der Waals surface area contributed by atoms with E-state index in [0.29, 0.717) is 24.8 Å². The minimum absolute atomic E-state index is 0.118. The fourth-order valence-electron chi connectivity index (χ4n) is 1.73. The van der Waals surface area contributed by atoms with Crippen molar-refractivity contribution in [2.75, 3.05) is 32.8 Å².